The first kappa shape index (κ1) is 15.6. The number of nitrogen functional groups attached to an aromatic ring is 1. The van der Waals surface area contributed by atoms with Gasteiger partial charge in [0.15, 0.2) is 5.69 Å². The van der Waals surface area contributed by atoms with Gasteiger partial charge in [0, 0.05) is 10.9 Å². The minimum atomic E-state index is -0.126. The molecule has 2 aromatic heterocycles. The lowest BCUT2D eigenvalue weighted by Gasteiger charge is -2.25. The number of H-pyrrole nitrogens is 1. The Kier molecular flexibility index (Phi) is 4.67. The number of hydrogen-bond acceptors (Lipinski definition) is 4. The van der Waals surface area contributed by atoms with E-state index in [4.69, 9.17) is 5.73 Å². The summed E-state index contributed by atoms with van der Waals surface area (Å²) >= 11 is 1.64. The number of thiophene rings is 1. The molecule has 5 nitrogen and oxygen atoms in total. The second-order valence-electron chi connectivity index (χ2n) is 5.66. The van der Waals surface area contributed by atoms with Crippen molar-refractivity contribution < 1.29 is 4.79 Å². The normalized spacial score (nSPS) is 11.3. The van der Waals surface area contributed by atoms with E-state index in [-0.39, 0.29) is 17.9 Å². The first-order valence-electron chi connectivity index (χ1n) is 7.08. The number of nitrogens with zero attached hydrogens (tertiary/aromatic N) is 2. The maximum absolute atomic E-state index is 12.7. The van der Waals surface area contributed by atoms with Crippen LogP contribution in [0.25, 0.3) is 0 Å². The first-order chi connectivity index (χ1) is 9.91. The summed E-state index contributed by atoms with van der Waals surface area (Å²) in [4.78, 5) is 15.7. The molecule has 0 saturated heterocycles. The third kappa shape index (κ3) is 3.26. The first-order valence-corrected chi connectivity index (χ1v) is 7.96. The highest BCUT2D eigenvalue weighted by Crippen LogP contribution is 2.24. The average Bonchev–Trinajstić information content (AvgIpc) is 3.03. The van der Waals surface area contributed by atoms with Crippen LogP contribution < -0.4 is 5.73 Å². The molecule has 114 valence electrons. The van der Waals surface area contributed by atoms with Gasteiger partial charge < -0.3 is 10.6 Å². The molecule has 2 heterocycles. The number of hydrogen-bond donors (Lipinski definition) is 2. The average molecular weight is 306 g/mol. The molecule has 0 fully saturated rings. The molecular formula is C15H22N4OS. The van der Waals surface area contributed by atoms with E-state index < -0.39 is 0 Å². The Labute approximate surface area is 129 Å². The summed E-state index contributed by atoms with van der Waals surface area (Å²) in [5.41, 5.74) is 7.68. The molecule has 6 heteroatoms. The fourth-order valence-electron chi connectivity index (χ4n) is 2.16. The molecule has 0 unspecified atom stereocenters. The van der Waals surface area contributed by atoms with E-state index in [9.17, 15) is 4.79 Å². The molecule has 0 spiro atoms. The minimum Gasteiger partial charge on any atom is -0.395 e. The maximum Gasteiger partial charge on any atom is 0.277 e. The number of aromatic nitrogens is 2. The molecular weight excluding hydrogens is 284 g/mol. The SMILES string of the molecule is CC(C)c1[nH]nc(C(=O)N(Cc2cccs2)C(C)C)c1N. The van der Waals surface area contributed by atoms with Gasteiger partial charge in [-0.05, 0) is 31.2 Å². The molecule has 0 saturated carbocycles. The van der Waals surface area contributed by atoms with Crippen molar-refractivity contribution in [3.8, 4) is 0 Å². The van der Waals surface area contributed by atoms with Crippen LogP contribution in [0.3, 0.4) is 0 Å². The van der Waals surface area contributed by atoms with Crippen LogP contribution in [0.1, 0.15) is 54.7 Å². The summed E-state index contributed by atoms with van der Waals surface area (Å²) in [6.45, 7) is 8.61. The molecule has 0 aliphatic rings. The second-order valence-corrected chi connectivity index (χ2v) is 6.69. The van der Waals surface area contributed by atoms with E-state index >= 15 is 0 Å². The lowest BCUT2D eigenvalue weighted by molar-refractivity contribution is 0.0687. The van der Waals surface area contributed by atoms with Crippen molar-refractivity contribution in [1.29, 1.82) is 0 Å². The summed E-state index contributed by atoms with van der Waals surface area (Å²) < 4.78 is 0. The standard InChI is InChI=1S/C15H22N4OS/c1-9(2)13-12(16)14(18-17-13)15(20)19(10(3)4)8-11-6-5-7-21-11/h5-7,9-10H,8,16H2,1-4H3,(H,17,18). The lowest BCUT2D eigenvalue weighted by atomic mass is 10.1. The summed E-state index contributed by atoms with van der Waals surface area (Å²) in [6.07, 6.45) is 0. The number of carbonyl (C=O) groups is 1. The van der Waals surface area contributed by atoms with Gasteiger partial charge in [-0.25, -0.2) is 0 Å². The molecule has 2 rings (SSSR count). The highest BCUT2D eigenvalue weighted by molar-refractivity contribution is 7.09. The molecule has 1 amide bonds. The number of nitrogens with two attached hydrogens (primary N) is 1. The van der Waals surface area contributed by atoms with E-state index in [1.165, 1.54) is 0 Å². The molecule has 0 aromatic carbocycles. The second kappa shape index (κ2) is 6.30. The highest BCUT2D eigenvalue weighted by atomic mass is 32.1. The molecule has 0 radical (unpaired) electrons. The Balaban J connectivity index is 2.26. The van der Waals surface area contributed by atoms with E-state index in [1.807, 2.05) is 45.2 Å². The smallest absolute Gasteiger partial charge is 0.277 e. The predicted molar refractivity (Wildman–Crippen MR) is 86.4 cm³/mol. The molecule has 0 aliphatic carbocycles. The zero-order valence-electron chi connectivity index (χ0n) is 12.9. The van der Waals surface area contributed by atoms with Gasteiger partial charge in [0.25, 0.3) is 5.91 Å². The van der Waals surface area contributed by atoms with Gasteiger partial charge in [-0.3, -0.25) is 9.89 Å². The fourth-order valence-corrected chi connectivity index (χ4v) is 2.87. The highest BCUT2D eigenvalue weighted by Gasteiger charge is 2.25. The van der Waals surface area contributed by atoms with Crippen LogP contribution in [0.15, 0.2) is 17.5 Å². The van der Waals surface area contributed by atoms with Crippen molar-refractivity contribution in [2.75, 3.05) is 5.73 Å². The third-order valence-corrected chi connectivity index (χ3v) is 4.27. The number of amides is 1. The lowest BCUT2D eigenvalue weighted by Crippen LogP contribution is -2.36. The van der Waals surface area contributed by atoms with Gasteiger partial charge >= 0.3 is 0 Å². The van der Waals surface area contributed by atoms with Gasteiger partial charge in [-0.15, -0.1) is 11.3 Å². The van der Waals surface area contributed by atoms with E-state index in [2.05, 4.69) is 10.2 Å². The fraction of sp³-hybridized carbons (Fsp3) is 0.467. The molecule has 0 atom stereocenters. The molecule has 21 heavy (non-hydrogen) atoms. The van der Waals surface area contributed by atoms with Crippen molar-refractivity contribution in [3.05, 3.63) is 33.8 Å². The van der Waals surface area contributed by atoms with E-state index in [0.29, 0.717) is 17.9 Å². The zero-order valence-corrected chi connectivity index (χ0v) is 13.7. The van der Waals surface area contributed by atoms with Crippen LogP contribution in [0.5, 0.6) is 0 Å². The van der Waals surface area contributed by atoms with Gasteiger partial charge in [0.1, 0.15) is 0 Å². The number of aromatic amines is 1. The Bertz CT molecular complexity index is 601. The van der Waals surface area contributed by atoms with Crippen molar-refractivity contribution in [2.24, 2.45) is 0 Å². The van der Waals surface area contributed by atoms with Crippen LogP contribution >= 0.6 is 11.3 Å². The summed E-state index contributed by atoms with van der Waals surface area (Å²) in [5, 5.41) is 9.03. The largest absolute Gasteiger partial charge is 0.395 e. The summed E-state index contributed by atoms with van der Waals surface area (Å²) in [7, 11) is 0. The van der Waals surface area contributed by atoms with Crippen LogP contribution in [-0.2, 0) is 6.54 Å². The number of nitrogens with one attached hydrogen (secondary N) is 1. The maximum atomic E-state index is 12.7. The number of anilines is 1. The van der Waals surface area contributed by atoms with Crippen molar-refractivity contribution in [1.82, 2.24) is 15.1 Å². The van der Waals surface area contributed by atoms with Crippen LogP contribution in [0, 0.1) is 0 Å². The topological polar surface area (TPSA) is 75.0 Å². The Morgan fingerprint density at radius 2 is 2.14 bits per heavy atom. The van der Waals surface area contributed by atoms with Crippen molar-refractivity contribution in [3.63, 3.8) is 0 Å². The molecule has 3 N–H and O–H groups in total. The van der Waals surface area contributed by atoms with Gasteiger partial charge in [0.05, 0.1) is 17.9 Å². The predicted octanol–water partition coefficient (Wildman–Crippen LogP) is 3.23. The monoisotopic (exact) mass is 306 g/mol. The van der Waals surface area contributed by atoms with Crippen LogP contribution in [0.2, 0.25) is 0 Å². The summed E-state index contributed by atoms with van der Waals surface area (Å²) in [6, 6.07) is 4.10. The van der Waals surface area contributed by atoms with Gasteiger partial charge in [-0.2, -0.15) is 5.10 Å². The number of carbonyl (C=O) groups excluding carboxylic acids is 1. The summed E-state index contributed by atoms with van der Waals surface area (Å²) in [5.74, 6) is 0.0860. The Morgan fingerprint density at radius 1 is 1.43 bits per heavy atom. The van der Waals surface area contributed by atoms with Crippen molar-refractivity contribution in [2.45, 2.75) is 46.2 Å². The zero-order chi connectivity index (χ0) is 15.6. The Hall–Kier alpha value is -1.82. The molecule has 2 aromatic rings. The third-order valence-electron chi connectivity index (χ3n) is 3.40. The van der Waals surface area contributed by atoms with Crippen LogP contribution in [-0.4, -0.2) is 27.0 Å². The van der Waals surface area contributed by atoms with E-state index in [0.717, 1.165) is 10.6 Å². The van der Waals surface area contributed by atoms with E-state index in [1.54, 1.807) is 16.2 Å². The van der Waals surface area contributed by atoms with Crippen molar-refractivity contribution >= 4 is 22.9 Å². The molecule has 0 bridgehead atoms. The van der Waals surface area contributed by atoms with Crippen LogP contribution in [0.4, 0.5) is 5.69 Å². The quantitative estimate of drug-likeness (QED) is 0.890. The van der Waals surface area contributed by atoms with Gasteiger partial charge in [0.2, 0.25) is 0 Å². The van der Waals surface area contributed by atoms with Gasteiger partial charge in [-0.1, -0.05) is 19.9 Å². The molecule has 0 aliphatic heterocycles. The minimum absolute atomic E-state index is 0.0817. The Morgan fingerprint density at radius 3 is 2.62 bits per heavy atom. The number of rotatable bonds is 5.